The van der Waals surface area contributed by atoms with Gasteiger partial charge in [0, 0.05) is 27.6 Å². The Morgan fingerprint density at radius 1 is 0.971 bits per heavy atom. The van der Waals surface area contributed by atoms with Crippen LogP contribution < -0.4 is 10.1 Å². The summed E-state index contributed by atoms with van der Waals surface area (Å²) < 4.78 is 16.3. The van der Waals surface area contributed by atoms with Crippen molar-refractivity contribution >= 4 is 51.5 Å². The van der Waals surface area contributed by atoms with E-state index in [-0.39, 0.29) is 27.7 Å². The summed E-state index contributed by atoms with van der Waals surface area (Å²) in [5.74, 6) is -0.232. The highest BCUT2D eigenvalue weighted by Gasteiger charge is 2.25. The topological polar surface area (TPSA) is 94.6 Å². The van der Waals surface area contributed by atoms with Crippen molar-refractivity contribution in [3.8, 4) is 17.1 Å². The van der Waals surface area contributed by atoms with Crippen molar-refractivity contribution in [2.24, 2.45) is 0 Å². The summed E-state index contributed by atoms with van der Waals surface area (Å²) >= 11 is 12.1. The minimum absolute atomic E-state index is 0.0334. The Bertz CT molecular complexity index is 1570. The Hall–Kier alpha value is -4.07. The second-order valence-corrected chi connectivity index (χ2v) is 8.36. The average Bonchev–Trinajstić information content (AvgIpc) is 3.50. The van der Waals surface area contributed by atoms with Crippen LogP contribution in [-0.4, -0.2) is 24.0 Å². The van der Waals surface area contributed by atoms with Crippen molar-refractivity contribution in [3.05, 3.63) is 99.9 Å². The van der Waals surface area contributed by atoms with Gasteiger partial charge in [0.1, 0.15) is 11.3 Å². The fourth-order valence-corrected chi connectivity index (χ4v) is 3.96. The molecule has 2 heterocycles. The van der Waals surface area contributed by atoms with E-state index in [1.807, 2.05) is 0 Å². The number of anilines is 1. The van der Waals surface area contributed by atoms with Crippen LogP contribution in [0.4, 0.5) is 5.69 Å². The molecule has 1 amide bonds. The monoisotopic (exact) mass is 506 g/mol. The van der Waals surface area contributed by atoms with E-state index in [1.54, 1.807) is 60.7 Å². The van der Waals surface area contributed by atoms with Crippen LogP contribution in [0.2, 0.25) is 10.0 Å². The first-order valence-electron chi connectivity index (χ1n) is 10.4. The van der Waals surface area contributed by atoms with Gasteiger partial charge >= 0.3 is 0 Å². The van der Waals surface area contributed by atoms with Crippen molar-refractivity contribution in [1.82, 2.24) is 5.16 Å². The molecule has 1 N–H and O–H groups in total. The van der Waals surface area contributed by atoms with Gasteiger partial charge in [-0.15, -0.1) is 0 Å². The Balaban J connectivity index is 1.49. The fraction of sp³-hybridized carbons (Fsp3) is 0.0385. The number of nitrogens with one attached hydrogen (secondary N) is 1. The molecule has 0 unspecified atom stereocenters. The van der Waals surface area contributed by atoms with Gasteiger partial charge in [0.15, 0.2) is 17.2 Å². The predicted octanol–water partition coefficient (Wildman–Crippen LogP) is 6.89. The van der Waals surface area contributed by atoms with Crippen LogP contribution in [-0.2, 0) is 0 Å². The van der Waals surface area contributed by atoms with Gasteiger partial charge in [0.25, 0.3) is 5.91 Å². The van der Waals surface area contributed by atoms with Crippen molar-refractivity contribution < 1.29 is 23.3 Å². The van der Waals surface area contributed by atoms with E-state index in [0.717, 1.165) is 0 Å². The molecule has 5 rings (SSSR count). The molecule has 0 spiro atoms. The highest BCUT2D eigenvalue weighted by molar-refractivity contribution is 6.32. The van der Waals surface area contributed by atoms with Gasteiger partial charge in [0.2, 0.25) is 5.78 Å². The zero-order valence-corrected chi connectivity index (χ0v) is 19.7. The van der Waals surface area contributed by atoms with E-state index < -0.39 is 11.7 Å². The van der Waals surface area contributed by atoms with Crippen LogP contribution >= 0.6 is 23.2 Å². The van der Waals surface area contributed by atoms with Crippen LogP contribution in [0.15, 0.2) is 81.7 Å². The predicted molar refractivity (Wildman–Crippen MR) is 133 cm³/mol. The van der Waals surface area contributed by atoms with Gasteiger partial charge in [-0.1, -0.05) is 40.5 Å². The van der Waals surface area contributed by atoms with E-state index in [4.69, 9.17) is 36.9 Å². The fourth-order valence-electron chi connectivity index (χ4n) is 3.58. The molecule has 0 saturated carbocycles. The molecular weight excluding hydrogens is 491 g/mol. The third-order valence-corrected chi connectivity index (χ3v) is 5.87. The molecule has 0 atom stereocenters. The van der Waals surface area contributed by atoms with Gasteiger partial charge in [0.05, 0.1) is 17.8 Å². The molecule has 3 aromatic carbocycles. The minimum atomic E-state index is -0.567. The number of fused-ring (bicyclic) bond motifs is 1. The zero-order valence-electron chi connectivity index (χ0n) is 18.2. The molecule has 0 aliphatic heterocycles. The van der Waals surface area contributed by atoms with Crippen molar-refractivity contribution in [1.29, 1.82) is 0 Å². The molecule has 9 heteroatoms. The van der Waals surface area contributed by atoms with E-state index in [9.17, 15) is 9.59 Å². The molecule has 0 bridgehead atoms. The van der Waals surface area contributed by atoms with E-state index in [0.29, 0.717) is 33.1 Å². The number of para-hydroxylation sites is 1. The largest absolute Gasteiger partial charge is 0.495 e. The van der Waals surface area contributed by atoms with Gasteiger partial charge in [-0.3, -0.25) is 9.59 Å². The summed E-state index contributed by atoms with van der Waals surface area (Å²) in [6.07, 6.45) is 0. The van der Waals surface area contributed by atoms with Crippen molar-refractivity contribution in [3.63, 3.8) is 0 Å². The molecule has 7 nitrogen and oxygen atoms in total. The first-order valence-corrected chi connectivity index (χ1v) is 11.1. The lowest BCUT2D eigenvalue weighted by molar-refractivity contribution is 0.101. The number of hydrogen-bond acceptors (Lipinski definition) is 6. The standard InChI is InChI=1S/C26H16Cl2N2O5/c1-33-21-11-8-15(12-18(21)28)24(31)25-23(17-4-2-3-5-20(17)34-25)29-26(32)19-13-22(35-30-19)14-6-9-16(27)10-7-14/h2-13H,1H3,(H,29,32). The number of ketones is 1. The van der Waals surface area contributed by atoms with E-state index in [1.165, 1.54) is 19.2 Å². The lowest BCUT2D eigenvalue weighted by atomic mass is 10.1. The number of aromatic nitrogens is 1. The molecule has 5 aromatic rings. The van der Waals surface area contributed by atoms with Gasteiger partial charge in [-0.25, -0.2) is 0 Å². The maximum Gasteiger partial charge on any atom is 0.277 e. The lowest BCUT2D eigenvalue weighted by Gasteiger charge is -2.06. The second-order valence-electron chi connectivity index (χ2n) is 7.52. The van der Waals surface area contributed by atoms with Crippen LogP contribution in [0, 0.1) is 0 Å². The number of carbonyl (C=O) groups is 2. The zero-order chi connectivity index (χ0) is 24.5. The third-order valence-electron chi connectivity index (χ3n) is 5.33. The first-order chi connectivity index (χ1) is 16.9. The van der Waals surface area contributed by atoms with Gasteiger partial charge < -0.3 is 19.0 Å². The number of ether oxygens (including phenoxy) is 1. The maximum absolute atomic E-state index is 13.3. The Morgan fingerprint density at radius 3 is 2.49 bits per heavy atom. The van der Waals surface area contributed by atoms with E-state index in [2.05, 4.69) is 10.5 Å². The Kier molecular flexibility index (Phi) is 6.03. The maximum atomic E-state index is 13.3. The van der Waals surface area contributed by atoms with Crippen LogP contribution in [0.25, 0.3) is 22.3 Å². The molecular formula is C26H16Cl2N2O5. The molecule has 35 heavy (non-hydrogen) atoms. The lowest BCUT2D eigenvalue weighted by Crippen LogP contribution is -2.14. The number of furan rings is 1. The Morgan fingerprint density at radius 2 is 1.74 bits per heavy atom. The average molecular weight is 507 g/mol. The summed E-state index contributed by atoms with van der Waals surface area (Å²) in [6.45, 7) is 0. The number of rotatable bonds is 6. The molecule has 0 aliphatic carbocycles. The normalized spacial score (nSPS) is 10.9. The molecule has 174 valence electrons. The first kappa shape index (κ1) is 22.7. The number of methoxy groups -OCH3 is 1. The highest BCUT2D eigenvalue weighted by Crippen LogP contribution is 2.34. The summed E-state index contributed by atoms with van der Waals surface area (Å²) in [4.78, 5) is 26.4. The number of carbonyl (C=O) groups excluding carboxylic acids is 2. The van der Waals surface area contributed by atoms with Crippen molar-refractivity contribution in [2.45, 2.75) is 0 Å². The molecule has 0 saturated heterocycles. The third kappa shape index (κ3) is 4.39. The van der Waals surface area contributed by atoms with Gasteiger partial charge in [-0.05, 0) is 54.6 Å². The molecule has 0 fully saturated rings. The molecule has 0 aliphatic rings. The quantitative estimate of drug-likeness (QED) is 0.252. The number of nitrogens with zero attached hydrogens (tertiary/aromatic N) is 1. The van der Waals surface area contributed by atoms with Crippen LogP contribution in [0.3, 0.4) is 0 Å². The summed E-state index contributed by atoms with van der Waals surface area (Å²) in [6, 6.07) is 20.1. The summed E-state index contributed by atoms with van der Waals surface area (Å²) in [5.41, 5.74) is 1.68. The number of amides is 1. The summed E-state index contributed by atoms with van der Waals surface area (Å²) in [5, 5.41) is 8.04. The molecule has 2 aromatic heterocycles. The second kappa shape index (κ2) is 9.29. The number of halogens is 2. The summed E-state index contributed by atoms with van der Waals surface area (Å²) in [7, 11) is 1.48. The smallest absolute Gasteiger partial charge is 0.277 e. The molecule has 0 radical (unpaired) electrons. The minimum Gasteiger partial charge on any atom is -0.495 e. The highest BCUT2D eigenvalue weighted by atomic mass is 35.5. The van der Waals surface area contributed by atoms with Crippen LogP contribution in [0.1, 0.15) is 26.6 Å². The SMILES string of the molecule is COc1ccc(C(=O)c2oc3ccccc3c2NC(=O)c2cc(-c3ccc(Cl)cc3)on2)cc1Cl. The Labute approximate surface area is 209 Å². The van der Waals surface area contributed by atoms with Crippen LogP contribution in [0.5, 0.6) is 5.75 Å². The number of hydrogen-bond donors (Lipinski definition) is 1. The van der Waals surface area contributed by atoms with E-state index >= 15 is 0 Å². The van der Waals surface area contributed by atoms with Crippen molar-refractivity contribution in [2.75, 3.05) is 12.4 Å². The van der Waals surface area contributed by atoms with Gasteiger partial charge in [-0.2, -0.15) is 0 Å². The number of benzene rings is 3.